The molecule has 1 aromatic heterocycles. The van der Waals surface area contributed by atoms with Crippen molar-refractivity contribution in [2.75, 3.05) is 26.2 Å². The normalized spacial score (nSPS) is 15.0. The van der Waals surface area contributed by atoms with E-state index in [0.717, 1.165) is 30.0 Å². The summed E-state index contributed by atoms with van der Waals surface area (Å²) >= 11 is 0. The zero-order valence-electron chi connectivity index (χ0n) is 14.9. The lowest BCUT2D eigenvalue weighted by Crippen LogP contribution is -2.48. The van der Waals surface area contributed by atoms with E-state index in [4.69, 9.17) is 9.72 Å². The first kappa shape index (κ1) is 17.4. The van der Waals surface area contributed by atoms with E-state index in [0.29, 0.717) is 19.5 Å². The van der Waals surface area contributed by atoms with Crippen LogP contribution in [0.15, 0.2) is 48.5 Å². The summed E-state index contributed by atoms with van der Waals surface area (Å²) < 4.78 is 5.75. The smallest absolute Gasteiger partial charge is 0.410 e. The molecule has 1 fully saturated rings. The maximum Gasteiger partial charge on any atom is 0.410 e. The summed E-state index contributed by atoms with van der Waals surface area (Å²) in [7, 11) is 0. The van der Waals surface area contributed by atoms with Gasteiger partial charge in [0, 0.05) is 43.9 Å². The summed E-state index contributed by atoms with van der Waals surface area (Å²) in [5.41, 5.74) is 2.33. The van der Waals surface area contributed by atoms with Crippen molar-refractivity contribution >= 4 is 6.09 Å². The second kappa shape index (κ2) is 7.66. The number of carbonyl (C=O) groups excluding carboxylic acids is 1. The number of rotatable bonds is 4. The average Bonchev–Trinajstić information content (AvgIpc) is 2.62. The second-order valence-corrected chi connectivity index (χ2v) is 6.92. The van der Waals surface area contributed by atoms with Crippen molar-refractivity contribution in [3.8, 4) is 11.3 Å². The Balaban J connectivity index is 1.67. The van der Waals surface area contributed by atoms with Crippen molar-refractivity contribution < 1.29 is 9.53 Å². The molecule has 1 saturated heterocycles. The third-order valence-corrected chi connectivity index (χ3v) is 4.22. The summed E-state index contributed by atoms with van der Waals surface area (Å²) in [5, 5.41) is 3.23. The Bertz CT molecular complexity index is 710. The van der Waals surface area contributed by atoms with E-state index >= 15 is 0 Å². The molecule has 0 radical (unpaired) electrons. The summed E-state index contributed by atoms with van der Waals surface area (Å²) in [5.74, 6) is 0. The molecule has 3 rings (SSSR count). The van der Waals surface area contributed by atoms with Gasteiger partial charge in [0.2, 0.25) is 0 Å². The van der Waals surface area contributed by atoms with Crippen LogP contribution in [0.4, 0.5) is 4.79 Å². The Labute approximate surface area is 149 Å². The second-order valence-electron chi connectivity index (χ2n) is 6.92. The monoisotopic (exact) mass is 339 g/mol. The lowest BCUT2D eigenvalue weighted by atomic mass is 10.0. The van der Waals surface area contributed by atoms with E-state index in [2.05, 4.69) is 5.32 Å². The molecule has 0 bridgehead atoms. The fourth-order valence-corrected chi connectivity index (χ4v) is 2.97. The SMILES string of the molecule is CC(C)(Cc1cccc(-c2ccccc2)n1)OC(=O)N1CCNCC1. The van der Waals surface area contributed by atoms with E-state index in [1.54, 1.807) is 4.90 Å². The molecule has 5 heteroatoms. The van der Waals surface area contributed by atoms with Gasteiger partial charge in [0.25, 0.3) is 0 Å². The molecule has 0 saturated carbocycles. The van der Waals surface area contributed by atoms with Gasteiger partial charge in [-0.15, -0.1) is 0 Å². The highest BCUT2D eigenvalue weighted by Gasteiger charge is 2.28. The van der Waals surface area contributed by atoms with Gasteiger partial charge >= 0.3 is 6.09 Å². The minimum Gasteiger partial charge on any atom is -0.443 e. The summed E-state index contributed by atoms with van der Waals surface area (Å²) in [6.45, 7) is 6.88. The minimum absolute atomic E-state index is 0.245. The van der Waals surface area contributed by atoms with E-state index in [-0.39, 0.29) is 6.09 Å². The summed E-state index contributed by atoms with van der Waals surface area (Å²) in [6.07, 6.45) is 0.330. The number of nitrogens with zero attached hydrogens (tertiary/aromatic N) is 2. The van der Waals surface area contributed by atoms with Crippen LogP contribution in [0.5, 0.6) is 0 Å². The third-order valence-electron chi connectivity index (χ3n) is 4.22. The summed E-state index contributed by atoms with van der Waals surface area (Å²) in [4.78, 5) is 18.8. The van der Waals surface area contributed by atoms with Gasteiger partial charge in [-0.05, 0) is 26.0 Å². The highest BCUT2D eigenvalue weighted by molar-refractivity contribution is 5.68. The Morgan fingerprint density at radius 2 is 1.84 bits per heavy atom. The number of aromatic nitrogens is 1. The van der Waals surface area contributed by atoms with Crippen molar-refractivity contribution in [1.29, 1.82) is 0 Å². The lowest BCUT2D eigenvalue weighted by molar-refractivity contribution is 0.0115. The van der Waals surface area contributed by atoms with Crippen LogP contribution in [0.3, 0.4) is 0 Å². The number of hydrogen-bond donors (Lipinski definition) is 1. The molecule has 0 aliphatic carbocycles. The van der Waals surface area contributed by atoms with Crippen LogP contribution in [-0.4, -0.2) is 47.8 Å². The quantitative estimate of drug-likeness (QED) is 0.930. The first-order chi connectivity index (χ1) is 12.0. The molecule has 1 amide bonds. The van der Waals surface area contributed by atoms with Crippen molar-refractivity contribution in [3.05, 3.63) is 54.2 Å². The molecule has 1 N–H and O–H groups in total. The van der Waals surface area contributed by atoms with Crippen LogP contribution in [0, 0.1) is 0 Å². The standard InChI is InChI=1S/C20H25N3O2/c1-20(2,25-19(24)23-13-11-21-12-14-23)15-17-9-6-10-18(22-17)16-7-4-3-5-8-16/h3-10,21H,11-15H2,1-2H3. The van der Waals surface area contributed by atoms with Crippen LogP contribution in [0.1, 0.15) is 19.5 Å². The average molecular weight is 339 g/mol. The van der Waals surface area contributed by atoms with Crippen LogP contribution >= 0.6 is 0 Å². The number of ether oxygens (including phenoxy) is 1. The first-order valence-corrected chi connectivity index (χ1v) is 8.73. The molecule has 132 valence electrons. The Hall–Kier alpha value is -2.40. The predicted molar refractivity (Wildman–Crippen MR) is 98.4 cm³/mol. The lowest BCUT2D eigenvalue weighted by Gasteiger charge is -2.32. The fourth-order valence-electron chi connectivity index (χ4n) is 2.97. The number of amides is 1. The number of hydrogen-bond acceptors (Lipinski definition) is 4. The molecule has 0 atom stereocenters. The molecule has 0 unspecified atom stereocenters. The topological polar surface area (TPSA) is 54.5 Å². The van der Waals surface area contributed by atoms with Crippen molar-refractivity contribution in [2.24, 2.45) is 0 Å². The maximum atomic E-state index is 12.3. The van der Waals surface area contributed by atoms with E-state index < -0.39 is 5.60 Å². The van der Waals surface area contributed by atoms with Crippen LogP contribution in [0.25, 0.3) is 11.3 Å². The van der Waals surface area contributed by atoms with E-state index in [1.807, 2.05) is 62.4 Å². The van der Waals surface area contributed by atoms with Crippen LogP contribution < -0.4 is 5.32 Å². The van der Waals surface area contributed by atoms with Crippen molar-refractivity contribution in [1.82, 2.24) is 15.2 Å². The molecule has 2 heterocycles. The Morgan fingerprint density at radius 1 is 1.12 bits per heavy atom. The van der Waals surface area contributed by atoms with Gasteiger partial charge in [-0.2, -0.15) is 0 Å². The maximum absolute atomic E-state index is 12.3. The van der Waals surface area contributed by atoms with E-state index in [9.17, 15) is 4.79 Å². The zero-order chi connectivity index (χ0) is 17.7. The number of pyridine rings is 1. The molecule has 1 aromatic carbocycles. The number of benzene rings is 1. The number of nitrogens with one attached hydrogen (secondary N) is 1. The number of piperazine rings is 1. The Morgan fingerprint density at radius 3 is 2.56 bits per heavy atom. The fraction of sp³-hybridized carbons (Fsp3) is 0.400. The Kier molecular flexibility index (Phi) is 5.34. The zero-order valence-corrected chi connectivity index (χ0v) is 14.9. The van der Waals surface area contributed by atoms with Crippen molar-refractivity contribution in [2.45, 2.75) is 25.9 Å². The van der Waals surface area contributed by atoms with Gasteiger partial charge in [0.1, 0.15) is 5.60 Å². The molecule has 5 nitrogen and oxygen atoms in total. The predicted octanol–water partition coefficient (Wildman–Crippen LogP) is 3.11. The van der Waals surface area contributed by atoms with Gasteiger partial charge < -0.3 is 15.0 Å². The van der Waals surface area contributed by atoms with Gasteiger partial charge in [-0.3, -0.25) is 4.98 Å². The largest absolute Gasteiger partial charge is 0.443 e. The van der Waals surface area contributed by atoms with Crippen LogP contribution in [0.2, 0.25) is 0 Å². The first-order valence-electron chi connectivity index (χ1n) is 8.73. The van der Waals surface area contributed by atoms with Gasteiger partial charge in [0.15, 0.2) is 0 Å². The highest BCUT2D eigenvalue weighted by Crippen LogP contribution is 2.21. The summed E-state index contributed by atoms with van der Waals surface area (Å²) in [6, 6.07) is 16.1. The molecule has 1 aliphatic rings. The van der Waals surface area contributed by atoms with Gasteiger partial charge in [-0.1, -0.05) is 36.4 Å². The van der Waals surface area contributed by atoms with Gasteiger partial charge in [-0.25, -0.2) is 4.79 Å². The molecule has 2 aromatic rings. The van der Waals surface area contributed by atoms with E-state index in [1.165, 1.54) is 0 Å². The van der Waals surface area contributed by atoms with Crippen molar-refractivity contribution in [3.63, 3.8) is 0 Å². The van der Waals surface area contributed by atoms with Gasteiger partial charge in [0.05, 0.1) is 5.69 Å². The molecule has 25 heavy (non-hydrogen) atoms. The molecule has 1 aliphatic heterocycles. The number of carbonyl (C=O) groups is 1. The third kappa shape index (κ3) is 4.79. The molecular weight excluding hydrogens is 314 g/mol. The highest BCUT2D eigenvalue weighted by atomic mass is 16.6. The molecular formula is C20H25N3O2. The molecule has 0 spiro atoms. The minimum atomic E-state index is -0.607. The van der Waals surface area contributed by atoms with Crippen LogP contribution in [-0.2, 0) is 11.2 Å².